The number of aliphatic imine (C=N–C) groups is 1. The van der Waals surface area contributed by atoms with Crippen molar-refractivity contribution in [3.8, 4) is 11.5 Å². The molecule has 8 nitrogen and oxygen atoms in total. The van der Waals surface area contributed by atoms with Crippen LogP contribution in [0.5, 0.6) is 11.5 Å². The van der Waals surface area contributed by atoms with Crippen LogP contribution in [-0.2, 0) is 14.3 Å². The van der Waals surface area contributed by atoms with Gasteiger partial charge in [0.15, 0.2) is 17.2 Å². The number of nitrogens with zero attached hydrogens (tertiary/aromatic N) is 1. The highest BCUT2D eigenvalue weighted by Crippen LogP contribution is 2.38. The molecular formula is C27H21ClN2O6. The number of amides is 1. The van der Waals surface area contributed by atoms with E-state index in [9.17, 15) is 14.4 Å². The van der Waals surface area contributed by atoms with Crippen LogP contribution in [0.4, 0.5) is 5.69 Å². The van der Waals surface area contributed by atoms with Crippen LogP contribution in [0.15, 0.2) is 71.4 Å². The Bertz CT molecular complexity index is 1430. The van der Waals surface area contributed by atoms with Gasteiger partial charge in [-0.3, -0.25) is 4.79 Å². The highest BCUT2D eigenvalue weighted by atomic mass is 35.5. The van der Waals surface area contributed by atoms with E-state index in [2.05, 4.69) is 10.3 Å². The van der Waals surface area contributed by atoms with Crippen molar-refractivity contribution in [3.05, 3.63) is 93.6 Å². The zero-order chi connectivity index (χ0) is 25.8. The van der Waals surface area contributed by atoms with Crippen molar-refractivity contribution in [1.82, 2.24) is 0 Å². The lowest BCUT2D eigenvalue weighted by Crippen LogP contribution is -2.10. The summed E-state index contributed by atoms with van der Waals surface area (Å²) in [5.74, 6) is -1.01. The lowest BCUT2D eigenvalue weighted by molar-refractivity contribution is -0.129. The maximum absolute atomic E-state index is 12.6. The summed E-state index contributed by atoms with van der Waals surface area (Å²) in [6.45, 7) is 3.28. The number of hydrogen-bond donors (Lipinski definition) is 1. The summed E-state index contributed by atoms with van der Waals surface area (Å²) in [4.78, 5) is 40.5. The van der Waals surface area contributed by atoms with Gasteiger partial charge in [-0.2, -0.15) is 0 Å². The van der Waals surface area contributed by atoms with Gasteiger partial charge in [-0.15, -0.1) is 0 Å². The number of benzene rings is 3. The first-order chi connectivity index (χ1) is 17.2. The first-order valence-electron chi connectivity index (χ1n) is 10.8. The van der Waals surface area contributed by atoms with Crippen LogP contribution in [0.25, 0.3) is 6.08 Å². The molecule has 9 heteroatoms. The zero-order valence-corrected chi connectivity index (χ0v) is 20.4. The normalized spacial score (nSPS) is 13.7. The molecule has 3 aromatic rings. The summed E-state index contributed by atoms with van der Waals surface area (Å²) in [6, 6.07) is 16.8. The van der Waals surface area contributed by atoms with Gasteiger partial charge in [0.05, 0.1) is 17.7 Å². The van der Waals surface area contributed by atoms with Gasteiger partial charge >= 0.3 is 11.9 Å². The number of cyclic esters (lactones) is 1. The average molecular weight is 505 g/mol. The molecule has 0 aromatic heterocycles. The van der Waals surface area contributed by atoms with Gasteiger partial charge in [0.1, 0.15) is 0 Å². The minimum Gasteiger partial charge on any atom is -0.493 e. The molecule has 1 aliphatic rings. The molecule has 0 unspecified atom stereocenters. The van der Waals surface area contributed by atoms with Crippen LogP contribution in [0, 0.1) is 6.92 Å². The summed E-state index contributed by atoms with van der Waals surface area (Å²) in [7, 11) is 1.41. The number of carbonyl (C=O) groups excluding carboxylic acids is 3. The van der Waals surface area contributed by atoms with Gasteiger partial charge in [0, 0.05) is 18.2 Å². The molecule has 4 rings (SSSR count). The number of ether oxygens (including phenoxy) is 3. The van der Waals surface area contributed by atoms with Crippen LogP contribution in [-0.4, -0.2) is 30.9 Å². The highest BCUT2D eigenvalue weighted by molar-refractivity contribution is 6.32. The zero-order valence-electron chi connectivity index (χ0n) is 19.6. The summed E-state index contributed by atoms with van der Waals surface area (Å²) in [6.07, 6.45) is 1.49. The first-order valence-corrected chi connectivity index (χ1v) is 11.2. The number of nitrogens with one attached hydrogen (secondary N) is 1. The smallest absolute Gasteiger partial charge is 0.363 e. The molecule has 0 radical (unpaired) electrons. The van der Waals surface area contributed by atoms with E-state index in [1.165, 1.54) is 26.2 Å². The molecule has 0 bridgehead atoms. The van der Waals surface area contributed by atoms with E-state index in [1.54, 1.807) is 48.5 Å². The summed E-state index contributed by atoms with van der Waals surface area (Å²) >= 11 is 6.40. The standard InChI is InChI=1S/C27H21ClN2O6/c1-15-5-4-6-19(11-15)26(32)35-24-21(28)12-17(14-23(24)34-3)13-22-27(33)36-25(30-22)18-7-9-20(10-8-18)29-16(2)31/h4-14H,1-3H3,(H,29,31)/b22-13-. The Morgan fingerprint density at radius 2 is 1.83 bits per heavy atom. The lowest BCUT2D eigenvalue weighted by Gasteiger charge is -2.12. The third-order valence-corrected chi connectivity index (χ3v) is 5.36. The van der Waals surface area contributed by atoms with E-state index >= 15 is 0 Å². The Morgan fingerprint density at radius 1 is 1.08 bits per heavy atom. The van der Waals surface area contributed by atoms with E-state index in [4.69, 9.17) is 25.8 Å². The molecule has 1 amide bonds. The molecule has 36 heavy (non-hydrogen) atoms. The van der Waals surface area contributed by atoms with Crippen molar-refractivity contribution in [1.29, 1.82) is 0 Å². The molecule has 0 fully saturated rings. The topological polar surface area (TPSA) is 103 Å². The Morgan fingerprint density at radius 3 is 2.50 bits per heavy atom. The van der Waals surface area contributed by atoms with Crippen LogP contribution in [0.3, 0.4) is 0 Å². The number of aryl methyl sites for hydroxylation is 1. The largest absolute Gasteiger partial charge is 0.493 e. The van der Waals surface area contributed by atoms with Crippen LogP contribution in [0.2, 0.25) is 5.02 Å². The third kappa shape index (κ3) is 5.61. The summed E-state index contributed by atoms with van der Waals surface area (Å²) in [5, 5.41) is 2.78. The molecule has 0 saturated carbocycles. The van der Waals surface area contributed by atoms with E-state index in [1.807, 2.05) is 13.0 Å². The maximum Gasteiger partial charge on any atom is 0.363 e. The number of carbonyl (C=O) groups is 3. The Kier molecular flexibility index (Phi) is 7.17. The molecule has 0 aliphatic carbocycles. The Balaban J connectivity index is 1.58. The quantitative estimate of drug-likeness (QED) is 0.282. The predicted octanol–water partition coefficient (Wildman–Crippen LogP) is 5.18. The second-order valence-electron chi connectivity index (χ2n) is 7.89. The molecule has 3 aromatic carbocycles. The van der Waals surface area contributed by atoms with Gasteiger partial charge < -0.3 is 19.5 Å². The fourth-order valence-electron chi connectivity index (χ4n) is 3.44. The van der Waals surface area contributed by atoms with Gasteiger partial charge in [-0.25, -0.2) is 14.6 Å². The molecule has 182 valence electrons. The maximum atomic E-state index is 12.6. The van der Waals surface area contributed by atoms with E-state index in [0.717, 1.165) is 5.56 Å². The van der Waals surface area contributed by atoms with Crippen molar-refractivity contribution >= 4 is 47.1 Å². The second-order valence-corrected chi connectivity index (χ2v) is 8.29. The molecule has 1 aliphatic heterocycles. The number of esters is 2. The second kappa shape index (κ2) is 10.5. The fourth-order valence-corrected chi connectivity index (χ4v) is 3.69. The average Bonchev–Trinajstić information content (AvgIpc) is 3.20. The van der Waals surface area contributed by atoms with Gasteiger partial charge in [0.25, 0.3) is 0 Å². The molecule has 0 saturated heterocycles. The van der Waals surface area contributed by atoms with Crippen molar-refractivity contribution < 1.29 is 28.6 Å². The number of anilines is 1. The Hall–Kier alpha value is -4.43. The first kappa shape index (κ1) is 24.7. The monoisotopic (exact) mass is 504 g/mol. The molecule has 0 atom stereocenters. The van der Waals surface area contributed by atoms with Crippen molar-refractivity contribution in [2.75, 3.05) is 12.4 Å². The van der Waals surface area contributed by atoms with E-state index in [-0.39, 0.29) is 34.0 Å². The minimum absolute atomic E-state index is 0.0542. The molecule has 1 heterocycles. The molecule has 0 spiro atoms. The van der Waals surface area contributed by atoms with Crippen LogP contribution in [0.1, 0.15) is 34.0 Å². The SMILES string of the molecule is COc1cc(/C=C2\N=C(c3ccc(NC(C)=O)cc3)OC2=O)cc(Cl)c1OC(=O)c1cccc(C)c1. The Labute approximate surface area is 212 Å². The van der Waals surface area contributed by atoms with Crippen molar-refractivity contribution in [3.63, 3.8) is 0 Å². The van der Waals surface area contributed by atoms with Crippen molar-refractivity contribution in [2.45, 2.75) is 13.8 Å². The molecule has 1 N–H and O–H groups in total. The van der Waals surface area contributed by atoms with Crippen LogP contribution < -0.4 is 14.8 Å². The summed E-state index contributed by atoms with van der Waals surface area (Å²) < 4.78 is 16.2. The molecular weight excluding hydrogens is 484 g/mol. The fraction of sp³-hybridized carbons (Fsp3) is 0.111. The number of rotatable bonds is 6. The minimum atomic E-state index is -0.638. The van der Waals surface area contributed by atoms with Gasteiger partial charge in [-0.1, -0.05) is 29.3 Å². The number of halogens is 1. The predicted molar refractivity (Wildman–Crippen MR) is 135 cm³/mol. The van der Waals surface area contributed by atoms with E-state index in [0.29, 0.717) is 22.4 Å². The van der Waals surface area contributed by atoms with Gasteiger partial charge in [0.2, 0.25) is 11.8 Å². The van der Waals surface area contributed by atoms with Gasteiger partial charge in [-0.05, 0) is 67.1 Å². The lowest BCUT2D eigenvalue weighted by atomic mass is 10.1. The van der Waals surface area contributed by atoms with Crippen molar-refractivity contribution in [2.24, 2.45) is 4.99 Å². The number of hydrogen-bond acceptors (Lipinski definition) is 7. The highest BCUT2D eigenvalue weighted by Gasteiger charge is 2.25. The van der Waals surface area contributed by atoms with Crippen LogP contribution >= 0.6 is 11.6 Å². The summed E-state index contributed by atoms with van der Waals surface area (Å²) in [5.41, 5.74) is 3.01. The third-order valence-electron chi connectivity index (χ3n) is 5.08. The number of methoxy groups -OCH3 is 1. The van der Waals surface area contributed by atoms with E-state index < -0.39 is 11.9 Å².